The van der Waals surface area contributed by atoms with Gasteiger partial charge in [0, 0.05) is 0 Å². The molecule has 56 valence electrons. The Morgan fingerprint density at radius 1 is 1.22 bits per heavy atom. The number of nitrogens with two attached hydrogens (primary N) is 1. The molecule has 0 radical (unpaired) electrons. The second-order valence-electron chi connectivity index (χ2n) is 2.98. The average molecular weight is 129 g/mol. The van der Waals surface area contributed by atoms with Gasteiger partial charge in [0.2, 0.25) is 0 Å². The predicted octanol–water partition coefficient (Wildman–Crippen LogP) is 2.02. The zero-order valence-electron chi connectivity index (χ0n) is 6.85. The zero-order valence-corrected chi connectivity index (χ0v) is 6.85. The Morgan fingerprint density at radius 2 is 1.78 bits per heavy atom. The summed E-state index contributed by atoms with van der Waals surface area (Å²) in [6, 6.07) is 0. The molecule has 0 saturated heterocycles. The summed E-state index contributed by atoms with van der Waals surface area (Å²) >= 11 is 0. The van der Waals surface area contributed by atoms with Crippen LogP contribution >= 0.6 is 0 Å². The molecule has 2 N–H and O–H groups in total. The molecule has 1 heteroatoms. The van der Waals surface area contributed by atoms with Gasteiger partial charge in [-0.1, -0.05) is 33.6 Å². The lowest BCUT2D eigenvalue weighted by Gasteiger charge is -2.16. The molecule has 0 amide bonds. The molecule has 0 saturated carbocycles. The van der Waals surface area contributed by atoms with Crippen LogP contribution < -0.4 is 5.73 Å². The van der Waals surface area contributed by atoms with E-state index in [0.29, 0.717) is 5.92 Å². The van der Waals surface area contributed by atoms with Crippen LogP contribution in [0.3, 0.4) is 0 Å². The first-order chi connectivity index (χ1) is 4.22. The molecule has 0 rings (SSSR count). The van der Waals surface area contributed by atoms with E-state index in [4.69, 9.17) is 5.73 Å². The fraction of sp³-hybridized carbons (Fsp3) is 1.00. The maximum absolute atomic E-state index is 5.50. The lowest BCUT2D eigenvalue weighted by atomic mass is 9.92. The van der Waals surface area contributed by atoms with Gasteiger partial charge < -0.3 is 5.73 Å². The highest BCUT2D eigenvalue weighted by atomic mass is 14.5. The number of hydrogen-bond donors (Lipinski definition) is 1. The van der Waals surface area contributed by atoms with E-state index in [-0.39, 0.29) is 0 Å². The van der Waals surface area contributed by atoms with E-state index >= 15 is 0 Å². The molecule has 0 aromatic carbocycles. The van der Waals surface area contributed by atoms with Gasteiger partial charge in [-0.25, -0.2) is 0 Å². The standard InChI is InChI=1S/C8H19N/c1-4-5-7(2)8(3)6-9/h7-8H,4-6,9H2,1-3H3/t7?,8-/m0/s1. The Labute approximate surface area is 58.6 Å². The Balaban J connectivity index is 3.32. The SMILES string of the molecule is CCCC(C)[C@@H](C)CN. The van der Waals surface area contributed by atoms with E-state index in [2.05, 4.69) is 20.8 Å². The van der Waals surface area contributed by atoms with Crippen LogP contribution in [0.5, 0.6) is 0 Å². The minimum Gasteiger partial charge on any atom is -0.330 e. The molecule has 0 aromatic rings. The monoisotopic (exact) mass is 129 g/mol. The minimum absolute atomic E-state index is 0.699. The first-order valence-corrected chi connectivity index (χ1v) is 3.92. The van der Waals surface area contributed by atoms with E-state index in [1.54, 1.807) is 0 Å². The van der Waals surface area contributed by atoms with Crippen molar-refractivity contribution in [3.8, 4) is 0 Å². The largest absolute Gasteiger partial charge is 0.330 e. The number of hydrogen-bond acceptors (Lipinski definition) is 1. The van der Waals surface area contributed by atoms with E-state index in [1.807, 2.05) is 0 Å². The van der Waals surface area contributed by atoms with Crippen molar-refractivity contribution in [1.82, 2.24) is 0 Å². The van der Waals surface area contributed by atoms with Gasteiger partial charge in [-0.15, -0.1) is 0 Å². The molecule has 0 aliphatic heterocycles. The van der Waals surface area contributed by atoms with E-state index in [0.717, 1.165) is 12.5 Å². The van der Waals surface area contributed by atoms with E-state index < -0.39 is 0 Å². The molecule has 0 spiro atoms. The summed E-state index contributed by atoms with van der Waals surface area (Å²) in [6.07, 6.45) is 2.60. The number of rotatable bonds is 4. The molecule has 0 fully saturated rings. The summed E-state index contributed by atoms with van der Waals surface area (Å²) in [7, 11) is 0. The third-order valence-electron chi connectivity index (χ3n) is 2.09. The van der Waals surface area contributed by atoms with Crippen LogP contribution in [-0.4, -0.2) is 6.54 Å². The van der Waals surface area contributed by atoms with Crippen LogP contribution in [-0.2, 0) is 0 Å². The van der Waals surface area contributed by atoms with E-state index in [9.17, 15) is 0 Å². The molecule has 0 bridgehead atoms. The fourth-order valence-electron chi connectivity index (χ4n) is 0.972. The maximum Gasteiger partial charge on any atom is -0.00490 e. The molecule has 0 aromatic heterocycles. The van der Waals surface area contributed by atoms with Crippen molar-refractivity contribution >= 4 is 0 Å². The average Bonchev–Trinajstić information content (AvgIpc) is 1.87. The maximum atomic E-state index is 5.50. The van der Waals surface area contributed by atoms with Gasteiger partial charge in [-0.3, -0.25) is 0 Å². The summed E-state index contributed by atoms with van der Waals surface area (Å²) in [6.45, 7) is 7.56. The lowest BCUT2D eigenvalue weighted by molar-refractivity contribution is 0.369. The van der Waals surface area contributed by atoms with Crippen molar-refractivity contribution < 1.29 is 0 Å². The Bertz CT molecular complexity index is 61.6. The van der Waals surface area contributed by atoms with Crippen molar-refractivity contribution in [3.05, 3.63) is 0 Å². The molecule has 1 nitrogen and oxygen atoms in total. The van der Waals surface area contributed by atoms with Gasteiger partial charge in [-0.05, 0) is 18.4 Å². The molecule has 2 atom stereocenters. The summed E-state index contributed by atoms with van der Waals surface area (Å²) in [4.78, 5) is 0. The zero-order chi connectivity index (χ0) is 7.28. The Kier molecular flexibility index (Phi) is 4.78. The summed E-state index contributed by atoms with van der Waals surface area (Å²) < 4.78 is 0. The van der Waals surface area contributed by atoms with Crippen LogP contribution in [0.25, 0.3) is 0 Å². The molecule has 9 heavy (non-hydrogen) atoms. The summed E-state index contributed by atoms with van der Waals surface area (Å²) in [5, 5.41) is 0. The van der Waals surface area contributed by atoms with Gasteiger partial charge in [0.15, 0.2) is 0 Å². The van der Waals surface area contributed by atoms with Crippen molar-refractivity contribution in [2.24, 2.45) is 17.6 Å². The van der Waals surface area contributed by atoms with Crippen LogP contribution in [0, 0.1) is 11.8 Å². The lowest BCUT2D eigenvalue weighted by Crippen LogP contribution is -2.18. The van der Waals surface area contributed by atoms with Gasteiger partial charge in [0.1, 0.15) is 0 Å². The van der Waals surface area contributed by atoms with Crippen LogP contribution in [0.15, 0.2) is 0 Å². The fourth-order valence-corrected chi connectivity index (χ4v) is 0.972. The third kappa shape index (κ3) is 3.52. The molecule has 0 heterocycles. The summed E-state index contributed by atoms with van der Waals surface area (Å²) in [5.74, 6) is 1.50. The molecule has 0 aliphatic rings. The van der Waals surface area contributed by atoms with Crippen molar-refractivity contribution in [3.63, 3.8) is 0 Å². The smallest absolute Gasteiger partial charge is 0.00490 e. The van der Waals surface area contributed by atoms with Crippen LogP contribution in [0.4, 0.5) is 0 Å². The van der Waals surface area contributed by atoms with Gasteiger partial charge in [-0.2, -0.15) is 0 Å². The topological polar surface area (TPSA) is 26.0 Å². The minimum atomic E-state index is 0.699. The molecule has 1 unspecified atom stereocenters. The first-order valence-electron chi connectivity index (χ1n) is 3.92. The highest BCUT2D eigenvalue weighted by Gasteiger charge is 2.07. The Hall–Kier alpha value is -0.0400. The highest BCUT2D eigenvalue weighted by Crippen LogP contribution is 2.14. The van der Waals surface area contributed by atoms with Crippen LogP contribution in [0.1, 0.15) is 33.6 Å². The second-order valence-corrected chi connectivity index (χ2v) is 2.98. The van der Waals surface area contributed by atoms with Crippen LogP contribution in [0.2, 0.25) is 0 Å². The predicted molar refractivity (Wildman–Crippen MR) is 42.3 cm³/mol. The molecular formula is C8H19N. The first kappa shape index (κ1) is 8.96. The summed E-state index contributed by atoms with van der Waals surface area (Å²) in [5.41, 5.74) is 5.50. The quantitative estimate of drug-likeness (QED) is 0.617. The van der Waals surface area contributed by atoms with Gasteiger partial charge >= 0.3 is 0 Å². The highest BCUT2D eigenvalue weighted by molar-refractivity contribution is 4.60. The molecular weight excluding hydrogens is 110 g/mol. The van der Waals surface area contributed by atoms with Gasteiger partial charge in [0.05, 0.1) is 0 Å². The normalized spacial score (nSPS) is 17.3. The van der Waals surface area contributed by atoms with Crippen molar-refractivity contribution in [2.45, 2.75) is 33.6 Å². The third-order valence-corrected chi connectivity index (χ3v) is 2.09. The Morgan fingerprint density at radius 3 is 2.11 bits per heavy atom. The van der Waals surface area contributed by atoms with Crippen molar-refractivity contribution in [1.29, 1.82) is 0 Å². The molecule has 0 aliphatic carbocycles. The van der Waals surface area contributed by atoms with E-state index in [1.165, 1.54) is 12.8 Å². The second kappa shape index (κ2) is 4.80. The van der Waals surface area contributed by atoms with Crippen molar-refractivity contribution in [2.75, 3.05) is 6.54 Å². The van der Waals surface area contributed by atoms with Gasteiger partial charge in [0.25, 0.3) is 0 Å².